The first-order valence-electron chi connectivity index (χ1n) is 16.7. The molecular formula is C37H58O3. The number of ether oxygens (including phenoxy) is 2. The van der Waals surface area contributed by atoms with Gasteiger partial charge in [-0.1, -0.05) is 129 Å². The number of hydrogen-bond acceptors (Lipinski definition) is 3. The van der Waals surface area contributed by atoms with Crippen LogP contribution in [0.5, 0.6) is 11.5 Å². The van der Waals surface area contributed by atoms with Gasteiger partial charge in [0, 0.05) is 11.1 Å². The lowest BCUT2D eigenvalue weighted by molar-refractivity contribution is 0.103. The first-order chi connectivity index (χ1) is 19.7. The summed E-state index contributed by atoms with van der Waals surface area (Å²) in [4.78, 5) is 12.9. The molecule has 2 aromatic carbocycles. The second-order valence-electron chi connectivity index (χ2n) is 11.4. The molecule has 0 N–H and O–H groups in total. The normalized spacial score (nSPS) is 11.1. The van der Waals surface area contributed by atoms with Crippen LogP contribution in [-0.2, 0) is 0 Å². The van der Waals surface area contributed by atoms with Gasteiger partial charge >= 0.3 is 0 Å². The molecule has 0 amide bonds. The molecule has 0 fully saturated rings. The lowest BCUT2D eigenvalue weighted by atomic mass is 10.0. The molecule has 0 aromatic heterocycles. The SMILES string of the molecule is CCCCCCCCCCCCOc1ccc(C(=O)c2ccc(OCCCCCCCCCCCC)cc2)cc1. The van der Waals surface area contributed by atoms with E-state index in [1.54, 1.807) is 0 Å². The molecule has 0 spiro atoms. The smallest absolute Gasteiger partial charge is 0.193 e. The average molecular weight is 551 g/mol. The first kappa shape index (κ1) is 33.9. The van der Waals surface area contributed by atoms with Gasteiger partial charge in [0.15, 0.2) is 5.78 Å². The third kappa shape index (κ3) is 16.1. The Balaban J connectivity index is 1.54. The van der Waals surface area contributed by atoms with Crippen molar-refractivity contribution in [2.75, 3.05) is 13.2 Å². The molecule has 0 heterocycles. The highest BCUT2D eigenvalue weighted by Crippen LogP contribution is 2.19. The van der Waals surface area contributed by atoms with Crippen molar-refractivity contribution >= 4 is 5.78 Å². The molecule has 224 valence electrons. The molecule has 0 aliphatic carbocycles. The van der Waals surface area contributed by atoms with Gasteiger partial charge in [0.25, 0.3) is 0 Å². The van der Waals surface area contributed by atoms with Crippen LogP contribution in [0.3, 0.4) is 0 Å². The zero-order valence-corrected chi connectivity index (χ0v) is 25.9. The van der Waals surface area contributed by atoms with Crippen molar-refractivity contribution in [3.05, 3.63) is 59.7 Å². The standard InChI is InChI=1S/C37H58O3/c1-3-5-7-9-11-13-15-17-19-21-31-39-35-27-23-33(24-28-35)37(38)34-25-29-36(30-26-34)40-32-22-20-18-16-14-12-10-8-6-4-2/h23-30H,3-22,31-32H2,1-2H3. The number of unbranched alkanes of at least 4 members (excludes halogenated alkanes) is 18. The van der Waals surface area contributed by atoms with E-state index in [1.165, 1.54) is 116 Å². The highest BCUT2D eigenvalue weighted by Gasteiger charge is 2.09. The highest BCUT2D eigenvalue weighted by atomic mass is 16.5. The van der Waals surface area contributed by atoms with Crippen molar-refractivity contribution in [1.29, 1.82) is 0 Å². The summed E-state index contributed by atoms with van der Waals surface area (Å²) in [5.41, 5.74) is 1.37. The minimum absolute atomic E-state index is 0.0301. The zero-order chi connectivity index (χ0) is 28.5. The van der Waals surface area contributed by atoms with Gasteiger partial charge in [0.05, 0.1) is 13.2 Å². The van der Waals surface area contributed by atoms with Gasteiger partial charge in [-0.2, -0.15) is 0 Å². The summed E-state index contributed by atoms with van der Waals surface area (Å²) in [5, 5.41) is 0. The molecule has 0 saturated heterocycles. The Kier molecular flexibility index (Phi) is 19.9. The zero-order valence-electron chi connectivity index (χ0n) is 25.9. The summed E-state index contributed by atoms with van der Waals surface area (Å²) in [6.45, 7) is 6.02. The maximum absolute atomic E-state index is 12.9. The Morgan fingerprint density at radius 1 is 0.425 bits per heavy atom. The summed E-state index contributed by atoms with van der Waals surface area (Å²) >= 11 is 0. The van der Waals surface area contributed by atoms with E-state index in [-0.39, 0.29) is 5.78 Å². The summed E-state index contributed by atoms with van der Waals surface area (Å²) in [5.74, 6) is 1.70. The van der Waals surface area contributed by atoms with Crippen LogP contribution in [0.15, 0.2) is 48.5 Å². The molecule has 3 nitrogen and oxygen atoms in total. The van der Waals surface area contributed by atoms with Gasteiger partial charge in [0.1, 0.15) is 11.5 Å². The van der Waals surface area contributed by atoms with Gasteiger partial charge in [-0.15, -0.1) is 0 Å². The van der Waals surface area contributed by atoms with E-state index in [0.29, 0.717) is 11.1 Å². The number of ketones is 1. The van der Waals surface area contributed by atoms with Crippen molar-refractivity contribution in [1.82, 2.24) is 0 Å². The summed E-state index contributed by atoms with van der Waals surface area (Å²) in [7, 11) is 0. The fraction of sp³-hybridized carbons (Fsp3) is 0.649. The largest absolute Gasteiger partial charge is 0.494 e. The molecule has 40 heavy (non-hydrogen) atoms. The van der Waals surface area contributed by atoms with E-state index in [9.17, 15) is 4.79 Å². The molecule has 3 heteroatoms. The number of hydrogen-bond donors (Lipinski definition) is 0. The Morgan fingerprint density at radius 2 is 0.700 bits per heavy atom. The highest BCUT2D eigenvalue weighted by molar-refractivity contribution is 6.09. The van der Waals surface area contributed by atoms with Crippen LogP contribution in [0.2, 0.25) is 0 Å². The van der Waals surface area contributed by atoms with E-state index < -0.39 is 0 Å². The number of carbonyl (C=O) groups excluding carboxylic acids is 1. The lowest BCUT2D eigenvalue weighted by Crippen LogP contribution is -2.03. The molecule has 2 aromatic rings. The topological polar surface area (TPSA) is 35.5 Å². The van der Waals surface area contributed by atoms with Crippen molar-refractivity contribution in [3.8, 4) is 11.5 Å². The molecule has 0 unspecified atom stereocenters. The number of benzene rings is 2. The second kappa shape index (κ2) is 23.4. The van der Waals surface area contributed by atoms with Gasteiger partial charge in [-0.05, 0) is 61.4 Å². The third-order valence-corrected chi connectivity index (χ3v) is 7.77. The van der Waals surface area contributed by atoms with Crippen LogP contribution in [0.4, 0.5) is 0 Å². The van der Waals surface area contributed by atoms with Gasteiger partial charge in [-0.3, -0.25) is 4.79 Å². The van der Waals surface area contributed by atoms with Crippen LogP contribution < -0.4 is 9.47 Å². The van der Waals surface area contributed by atoms with E-state index in [1.807, 2.05) is 48.5 Å². The van der Waals surface area contributed by atoms with Gasteiger partial charge in [0.2, 0.25) is 0 Å². The molecule has 0 atom stereocenters. The second-order valence-corrected chi connectivity index (χ2v) is 11.4. The maximum Gasteiger partial charge on any atom is 0.193 e. The van der Waals surface area contributed by atoms with Crippen molar-refractivity contribution in [2.45, 2.75) is 142 Å². The molecule has 0 radical (unpaired) electrons. The molecular weight excluding hydrogens is 492 g/mol. The predicted octanol–water partition coefficient (Wildman–Crippen LogP) is 11.5. The summed E-state index contributed by atoms with van der Waals surface area (Å²) < 4.78 is 11.8. The Morgan fingerprint density at radius 3 is 1.00 bits per heavy atom. The molecule has 0 aliphatic rings. The number of rotatable bonds is 26. The van der Waals surface area contributed by atoms with E-state index in [2.05, 4.69) is 13.8 Å². The van der Waals surface area contributed by atoms with Crippen LogP contribution in [-0.4, -0.2) is 19.0 Å². The summed E-state index contributed by atoms with van der Waals surface area (Å²) in [6.07, 6.45) is 26.4. The van der Waals surface area contributed by atoms with E-state index in [4.69, 9.17) is 9.47 Å². The Bertz CT molecular complexity index is 784. The Hall–Kier alpha value is -2.29. The van der Waals surface area contributed by atoms with E-state index >= 15 is 0 Å². The monoisotopic (exact) mass is 550 g/mol. The predicted molar refractivity (Wildman–Crippen MR) is 171 cm³/mol. The van der Waals surface area contributed by atoms with Crippen molar-refractivity contribution in [3.63, 3.8) is 0 Å². The summed E-state index contributed by atoms with van der Waals surface area (Å²) in [6, 6.07) is 15.1. The Labute approximate surface area is 246 Å². The van der Waals surface area contributed by atoms with Gasteiger partial charge in [-0.25, -0.2) is 0 Å². The molecule has 0 aliphatic heterocycles. The first-order valence-corrected chi connectivity index (χ1v) is 16.7. The molecule has 0 bridgehead atoms. The van der Waals surface area contributed by atoms with Crippen molar-refractivity contribution < 1.29 is 14.3 Å². The molecule has 2 rings (SSSR count). The number of carbonyl (C=O) groups is 1. The van der Waals surface area contributed by atoms with Gasteiger partial charge < -0.3 is 9.47 Å². The minimum atomic E-state index is 0.0301. The quantitative estimate of drug-likeness (QED) is 0.0863. The fourth-order valence-corrected chi connectivity index (χ4v) is 5.13. The fourth-order valence-electron chi connectivity index (χ4n) is 5.13. The maximum atomic E-state index is 12.9. The lowest BCUT2D eigenvalue weighted by Gasteiger charge is -2.09. The average Bonchev–Trinajstić information content (AvgIpc) is 2.99. The van der Waals surface area contributed by atoms with Crippen LogP contribution in [0.25, 0.3) is 0 Å². The van der Waals surface area contributed by atoms with Crippen LogP contribution in [0, 0.1) is 0 Å². The van der Waals surface area contributed by atoms with Crippen LogP contribution >= 0.6 is 0 Å². The van der Waals surface area contributed by atoms with Crippen molar-refractivity contribution in [2.24, 2.45) is 0 Å². The molecule has 0 saturated carbocycles. The van der Waals surface area contributed by atoms with Crippen LogP contribution in [0.1, 0.15) is 158 Å². The van der Waals surface area contributed by atoms with E-state index in [0.717, 1.165) is 37.6 Å². The third-order valence-electron chi connectivity index (χ3n) is 7.77. The minimum Gasteiger partial charge on any atom is -0.494 e.